The summed E-state index contributed by atoms with van der Waals surface area (Å²) < 4.78 is 19.5. The molecule has 1 atom stereocenters. The maximum atomic E-state index is 11.5. The minimum absolute atomic E-state index is 0.270. The number of carbonyl (C=O) groups is 1. The Bertz CT molecular complexity index is 537. The SMILES string of the molecule is CC/C=C\C/C=C\C/C=C\CCCCCCCC(=O)OC[C@H](O)COP(=O)(O)O. The maximum absolute atomic E-state index is 11.5. The number of carbonyl (C=O) groups excluding carboxylic acids is 1. The molecular formula is C21H37O7P. The highest BCUT2D eigenvalue weighted by atomic mass is 31.2. The Morgan fingerprint density at radius 2 is 1.48 bits per heavy atom. The van der Waals surface area contributed by atoms with Crippen LogP contribution in [0.4, 0.5) is 0 Å². The number of allylic oxidation sites excluding steroid dienone is 6. The quantitative estimate of drug-likeness (QED) is 0.126. The lowest BCUT2D eigenvalue weighted by atomic mass is 10.1. The van der Waals surface area contributed by atoms with Gasteiger partial charge in [-0.05, 0) is 38.5 Å². The minimum atomic E-state index is -4.62. The molecule has 0 heterocycles. The van der Waals surface area contributed by atoms with Crippen LogP contribution in [0.1, 0.15) is 71.1 Å². The highest BCUT2D eigenvalue weighted by Gasteiger charge is 2.17. The van der Waals surface area contributed by atoms with Gasteiger partial charge in [0.15, 0.2) is 0 Å². The first-order chi connectivity index (χ1) is 13.8. The molecule has 0 aromatic carbocycles. The number of esters is 1. The first-order valence-electron chi connectivity index (χ1n) is 10.3. The van der Waals surface area contributed by atoms with E-state index in [1.807, 2.05) is 0 Å². The van der Waals surface area contributed by atoms with Crippen molar-refractivity contribution in [3.8, 4) is 0 Å². The van der Waals surface area contributed by atoms with E-state index < -0.39 is 26.5 Å². The molecule has 0 spiro atoms. The fraction of sp³-hybridized carbons (Fsp3) is 0.667. The van der Waals surface area contributed by atoms with Gasteiger partial charge in [-0.25, -0.2) is 4.57 Å². The van der Waals surface area contributed by atoms with Crippen LogP contribution in [0.2, 0.25) is 0 Å². The lowest BCUT2D eigenvalue weighted by Gasteiger charge is -2.12. The van der Waals surface area contributed by atoms with Gasteiger partial charge < -0.3 is 19.6 Å². The Kier molecular flexibility index (Phi) is 18.0. The molecule has 3 N–H and O–H groups in total. The molecule has 0 fully saturated rings. The maximum Gasteiger partial charge on any atom is 0.469 e. The molecule has 0 saturated heterocycles. The van der Waals surface area contributed by atoms with Crippen LogP contribution in [0.15, 0.2) is 36.5 Å². The number of hydrogen-bond donors (Lipinski definition) is 3. The van der Waals surface area contributed by atoms with Gasteiger partial charge in [-0.2, -0.15) is 0 Å². The zero-order chi connectivity index (χ0) is 21.8. The van der Waals surface area contributed by atoms with Crippen molar-refractivity contribution in [2.45, 2.75) is 77.2 Å². The van der Waals surface area contributed by atoms with Crippen LogP contribution in [-0.2, 0) is 18.6 Å². The van der Waals surface area contributed by atoms with E-state index in [-0.39, 0.29) is 13.0 Å². The van der Waals surface area contributed by atoms with Crippen molar-refractivity contribution in [2.75, 3.05) is 13.2 Å². The van der Waals surface area contributed by atoms with E-state index in [1.54, 1.807) is 0 Å². The molecule has 0 radical (unpaired) electrons. The summed E-state index contributed by atoms with van der Waals surface area (Å²) in [5.41, 5.74) is 0. The first-order valence-corrected chi connectivity index (χ1v) is 11.9. The van der Waals surface area contributed by atoms with Gasteiger partial charge in [-0.3, -0.25) is 9.32 Å². The second-order valence-corrected chi connectivity index (χ2v) is 7.96. The number of phosphoric acid groups is 1. The largest absolute Gasteiger partial charge is 0.469 e. The van der Waals surface area contributed by atoms with Gasteiger partial charge in [0.05, 0.1) is 6.61 Å². The van der Waals surface area contributed by atoms with E-state index in [2.05, 4.69) is 47.9 Å². The molecule has 0 aliphatic carbocycles. The van der Waals surface area contributed by atoms with Gasteiger partial charge in [-0.1, -0.05) is 62.6 Å². The van der Waals surface area contributed by atoms with Crippen LogP contribution in [0, 0.1) is 0 Å². The van der Waals surface area contributed by atoms with Crippen molar-refractivity contribution in [3.05, 3.63) is 36.5 Å². The molecule has 168 valence electrons. The number of unbranched alkanes of at least 4 members (excludes halogenated alkanes) is 5. The van der Waals surface area contributed by atoms with Gasteiger partial charge in [-0.15, -0.1) is 0 Å². The number of phosphoric ester groups is 1. The van der Waals surface area contributed by atoms with Gasteiger partial charge in [0, 0.05) is 6.42 Å². The van der Waals surface area contributed by atoms with Gasteiger partial charge in [0.2, 0.25) is 0 Å². The average molecular weight is 432 g/mol. The number of aliphatic hydroxyl groups excluding tert-OH is 1. The van der Waals surface area contributed by atoms with E-state index in [9.17, 15) is 14.5 Å². The van der Waals surface area contributed by atoms with Crippen LogP contribution in [-0.4, -0.2) is 40.2 Å². The van der Waals surface area contributed by atoms with Crippen LogP contribution >= 0.6 is 7.82 Å². The Morgan fingerprint density at radius 3 is 2.14 bits per heavy atom. The average Bonchev–Trinajstić information content (AvgIpc) is 2.67. The van der Waals surface area contributed by atoms with E-state index in [1.165, 1.54) is 0 Å². The smallest absolute Gasteiger partial charge is 0.463 e. The summed E-state index contributed by atoms with van der Waals surface area (Å²) in [7, 11) is -4.62. The monoisotopic (exact) mass is 432 g/mol. The second kappa shape index (κ2) is 18.8. The molecular weight excluding hydrogens is 395 g/mol. The predicted molar refractivity (Wildman–Crippen MR) is 114 cm³/mol. The molecule has 0 rings (SSSR count). The predicted octanol–water partition coefficient (Wildman–Crippen LogP) is 4.59. The molecule has 0 bridgehead atoms. The fourth-order valence-electron chi connectivity index (χ4n) is 2.38. The van der Waals surface area contributed by atoms with E-state index in [0.717, 1.165) is 57.8 Å². The molecule has 0 aliphatic heterocycles. The second-order valence-electron chi connectivity index (χ2n) is 6.72. The fourth-order valence-corrected chi connectivity index (χ4v) is 2.75. The lowest BCUT2D eigenvalue weighted by molar-refractivity contribution is -0.147. The topological polar surface area (TPSA) is 113 Å². The number of hydrogen-bond acceptors (Lipinski definition) is 5. The van der Waals surface area contributed by atoms with Crippen molar-refractivity contribution in [2.24, 2.45) is 0 Å². The lowest BCUT2D eigenvalue weighted by Crippen LogP contribution is -2.23. The van der Waals surface area contributed by atoms with E-state index >= 15 is 0 Å². The Balaban J connectivity index is 3.47. The summed E-state index contributed by atoms with van der Waals surface area (Å²) in [6.45, 7) is 1.21. The Hall–Kier alpha value is -1.24. The third-order valence-electron chi connectivity index (χ3n) is 3.90. The Morgan fingerprint density at radius 1 is 0.897 bits per heavy atom. The Labute approximate surface area is 174 Å². The summed E-state index contributed by atoms with van der Waals surface area (Å²) >= 11 is 0. The molecule has 7 nitrogen and oxygen atoms in total. The summed E-state index contributed by atoms with van der Waals surface area (Å²) in [4.78, 5) is 28.6. The number of rotatable bonds is 18. The van der Waals surface area contributed by atoms with Crippen LogP contribution in [0.5, 0.6) is 0 Å². The molecule has 0 aromatic rings. The summed E-state index contributed by atoms with van der Waals surface area (Å²) in [5, 5.41) is 9.41. The van der Waals surface area contributed by atoms with Gasteiger partial charge in [0.25, 0.3) is 0 Å². The third kappa shape index (κ3) is 22.9. The van der Waals surface area contributed by atoms with Gasteiger partial charge in [0.1, 0.15) is 12.7 Å². The van der Waals surface area contributed by atoms with Crippen LogP contribution < -0.4 is 0 Å². The molecule has 8 heteroatoms. The molecule has 0 unspecified atom stereocenters. The summed E-state index contributed by atoms with van der Waals surface area (Å²) in [6.07, 6.45) is 21.2. The molecule has 0 amide bonds. The first kappa shape index (κ1) is 27.8. The number of ether oxygens (including phenoxy) is 1. The van der Waals surface area contributed by atoms with E-state index in [4.69, 9.17) is 14.5 Å². The minimum Gasteiger partial charge on any atom is -0.463 e. The van der Waals surface area contributed by atoms with Crippen molar-refractivity contribution in [1.82, 2.24) is 0 Å². The van der Waals surface area contributed by atoms with Gasteiger partial charge >= 0.3 is 13.8 Å². The van der Waals surface area contributed by atoms with Crippen LogP contribution in [0.3, 0.4) is 0 Å². The molecule has 29 heavy (non-hydrogen) atoms. The normalized spacial score (nSPS) is 13.7. The van der Waals surface area contributed by atoms with Crippen molar-refractivity contribution < 1.29 is 33.5 Å². The van der Waals surface area contributed by atoms with Crippen molar-refractivity contribution >= 4 is 13.8 Å². The number of aliphatic hydroxyl groups is 1. The standard InChI is InChI=1S/C21H37O7P/c1-2-3-4-5-6-7-8-9-10-11-12-13-14-15-16-17-21(23)27-18-20(22)19-28-29(24,25)26/h3-4,6-7,9-10,20,22H,2,5,8,11-19H2,1H3,(H2,24,25,26)/b4-3-,7-6-,10-9-/t20-/m0/s1. The molecule has 0 saturated carbocycles. The summed E-state index contributed by atoms with van der Waals surface area (Å²) in [6, 6.07) is 0. The van der Waals surface area contributed by atoms with E-state index in [0.29, 0.717) is 0 Å². The van der Waals surface area contributed by atoms with Crippen LogP contribution in [0.25, 0.3) is 0 Å². The van der Waals surface area contributed by atoms with Crippen molar-refractivity contribution in [3.63, 3.8) is 0 Å². The highest BCUT2D eigenvalue weighted by molar-refractivity contribution is 7.46. The molecule has 0 aromatic heterocycles. The highest BCUT2D eigenvalue weighted by Crippen LogP contribution is 2.35. The zero-order valence-corrected chi connectivity index (χ0v) is 18.3. The molecule has 0 aliphatic rings. The zero-order valence-electron chi connectivity index (χ0n) is 17.4. The van der Waals surface area contributed by atoms with Crippen molar-refractivity contribution in [1.29, 1.82) is 0 Å². The third-order valence-corrected chi connectivity index (χ3v) is 4.39. The summed E-state index contributed by atoms with van der Waals surface area (Å²) in [5.74, 6) is -0.429.